The number of nitrogens with one attached hydrogen (secondary N) is 1. The zero-order valence-electron chi connectivity index (χ0n) is 13.5. The molecule has 0 aliphatic rings. The lowest BCUT2D eigenvalue weighted by Gasteiger charge is -2.14. The van der Waals surface area contributed by atoms with Gasteiger partial charge < -0.3 is 15.3 Å². The van der Waals surface area contributed by atoms with Gasteiger partial charge in [0.05, 0.1) is 6.61 Å². The summed E-state index contributed by atoms with van der Waals surface area (Å²) in [5.74, 6) is -0.122. The van der Waals surface area contributed by atoms with Crippen LogP contribution in [0.1, 0.15) is 21.6 Å². The fourth-order valence-electron chi connectivity index (χ4n) is 2.19. The maximum Gasteiger partial charge on any atom is 0.244 e. The number of hydrogen-bond acceptors (Lipinski definition) is 4. The van der Waals surface area contributed by atoms with E-state index in [4.69, 9.17) is 5.11 Å². The number of rotatable bonds is 7. The molecule has 0 fully saturated rings. The van der Waals surface area contributed by atoms with Crippen molar-refractivity contribution in [1.82, 2.24) is 10.2 Å². The van der Waals surface area contributed by atoms with Crippen molar-refractivity contribution in [3.8, 4) is 0 Å². The lowest BCUT2D eigenvalue weighted by atomic mass is 10.1. The van der Waals surface area contributed by atoms with Crippen molar-refractivity contribution in [3.63, 3.8) is 0 Å². The van der Waals surface area contributed by atoms with Crippen LogP contribution in [0.3, 0.4) is 0 Å². The molecule has 1 heterocycles. The Morgan fingerprint density at radius 1 is 1.30 bits per heavy atom. The van der Waals surface area contributed by atoms with Crippen molar-refractivity contribution in [2.75, 3.05) is 14.1 Å². The molecular weight excluding hydrogens is 308 g/mol. The largest absolute Gasteiger partial charge is 0.392 e. The Hall–Kier alpha value is -1.95. The molecule has 5 heteroatoms. The average molecular weight is 330 g/mol. The van der Waals surface area contributed by atoms with Gasteiger partial charge in [-0.2, -0.15) is 0 Å². The summed E-state index contributed by atoms with van der Waals surface area (Å²) in [6.07, 6.45) is 3.30. The highest BCUT2D eigenvalue weighted by Crippen LogP contribution is 2.16. The summed E-state index contributed by atoms with van der Waals surface area (Å²) in [5, 5.41) is 13.8. The Morgan fingerprint density at radius 2 is 2.04 bits per heavy atom. The Bertz CT molecular complexity index is 677. The third-order valence-electron chi connectivity index (χ3n) is 3.31. The smallest absolute Gasteiger partial charge is 0.244 e. The number of aliphatic hydroxyl groups is 1. The van der Waals surface area contributed by atoms with Crippen LogP contribution in [0.15, 0.2) is 41.8 Å². The minimum Gasteiger partial charge on any atom is -0.392 e. The summed E-state index contributed by atoms with van der Waals surface area (Å²) in [6, 6.07) is 9.99. The predicted molar refractivity (Wildman–Crippen MR) is 95.0 cm³/mol. The maximum atomic E-state index is 11.9. The number of carbonyl (C=O) groups is 1. The average Bonchev–Trinajstić information content (AvgIpc) is 2.99. The molecule has 0 atom stereocenters. The van der Waals surface area contributed by atoms with Gasteiger partial charge in [-0.3, -0.25) is 4.79 Å². The van der Waals surface area contributed by atoms with Crippen molar-refractivity contribution >= 4 is 23.3 Å². The first-order valence-corrected chi connectivity index (χ1v) is 8.32. The van der Waals surface area contributed by atoms with Crippen molar-refractivity contribution in [2.45, 2.75) is 19.7 Å². The zero-order chi connectivity index (χ0) is 16.7. The minimum atomic E-state index is -0.122. The molecule has 0 unspecified atom stereocenters. The molecule has 0 spiro atoms. The Morgan fingerprint density at radius 3 is 2.70 bits per heavy atom. The fraction of sp³-hybridized carbons (Fsp3) is 0.278. The van der Waals surface area contributed by atoms with Crippen molar-refractivity contribution in [1.29, 1.82) is 0 Å². The van der Waals surface area contributed by atoms with E-state index in [9.17, 15) is 4.79 Å². The standard InChI is InChI=1S/C18H22N2O2S/c1-20(2)11-16-6-4-3-5-15(16)10-19-18(22)8-7-17-9-14(12-21)13-23-17/h3-9,13,21H,10-12H2,1-2H3,(H,19,22)/b8-7+. The normalized spacial score (nSPS) is 11.3. The number of benzene rings is 1. The highest BCUT2D eigenvalue weighted by molar-refractivity contribution is 7.11. The van der Waals surface area contributed by atoms with E-state index < -0.39 is 0 Å². The van der Waals surface area contributed by atoms with Crippen LogP contribution in [0.4, 0.5) is 0 Å². The van der Waals surface area contributed by atoms with E-state index in [1.807, 2.05) is 43.7 Å². The Balaban J connectivity index is 1.91. The van der Waals surface area contributed by atoms with Crippen LogP contribution in [0.5, 0.6) is 0 Å². The topological polar surface area (TPSA) is 52.6 Å². The van der Waals surface area contributed by atoms with Gasteiger partial charge in [0.2, 0.25) is 5.91 Å². The van der Waals surface area contributed by atoms with Crippen LogP contribution < -0.4 is 5.32 Å². The van der Waals surface area contributed by atoms with Crippen LogP contribution in [0.2, 0.25) is 0 Å². The third-order valence-corrected chi connectivity index (χ3v) is 4.26. The van der Waals surface area contributed by atoms with Crippen molar-refractivity contribution in [3.05, 3.63) is 63.4 Å². The SMILES string of the molecule is CN(C)Cc1ccccc1CNC(=O)/C=C/c1cc(CO)cs1. The van der Waals surface area contributed by atoms with Crippen LogP contribution in [-0.2, 0) is 24.5 Å². The second-order valence-electron chi connectivity index (χ2n) is 5.57. The van der Waals surface area contributed by atoms with Gasteiger partial charge in [0, 0.05) is 24.0 Å². The molecule has 0 bridgehead atoms. The Kier molecular flexibility index (Phi) is 6.52. The fourth-order valence-corrected chi connectivity index (χ4v) is 2.98. The van der Waals surface area contributed by atoms with Crippen LogP contribution in [0.25, 0.3) is 6.08 Å². The molecule has 1 aromatic heterocycles. The summed E-state index contributed by atoms with van der Waals surface area (Å²) in [6.45, 7) is 1.39. The van der Waals surface area contributed by atoms with Gasteiger partial charge in [-0.05, 0) is 48.3 Å². The van der Waals surface area contributed by atoms with Gasteiger partial charge in [-0.1, -0.05) is 24.3 Å². The van der Waals surface area contributed by atoms with Crippen molar-refractivity contribution in [2.24, 2.45) is 0 Å². The number of nitrogens with zero attached hydrogens (tertiary/aromatic N) is 1. The van der Waals surface area contributed by atoms with Crippen LogP contribution in [-0.4, -0.2) is 30.0 Å². The molecule has 0 saturated carbocycles. The summed E-state index contributed by atoms with van der Waals surface area (Å²) >= 11 is 1.51. The molecule has 0 aliphatic carbocycles. The predicted octanol–water partition coefficient (Wildman–Crippen LogP) is 2.63. The first-order chi connectivity index (χ1) is 11.1. The molecule has 1 amide bonds. The quantitative estimate of drug-likeness (QED) is 0.768. The molecule has 0 radical (unpaired) electrons. The molecule has 4 nitrogen and oxygen atoms in total. The zero-order valence-corrected chi connectivity index (χ0v) is 14.3. The molecule has 1 aromatic carbocycles. The van der Waals surface area contributed by atoms with Gasteiger partial charge in [-0.25, -0.2) is 0 Å². The van der Waals surface area contributed by atoms with Crippen molar-refractivity contribution < 1.29 is 9.90 Å². The Labute approximate surface area is 141 Å². The van der Waals surface area contributed by atoms with Crippen LogP contribution >= 0.6 is 11.3 Å². The molecular formula is C18H22N2O2S. The number of thiophene rings is 1. The summed E-state index contributed by atoms with van der Waals surface area (Å²) < 4.78 is 0. The molecule has 2 aromatic rings. The second kappa shape index (κ2) is 8.62. The summed E-state index contributed by atoms with van der Waals surface area (Å²) in [5.41, 5.74) is 3.21. The monoisotopic (exact) mass is 330 g/mol. The van der Waals surface area contributed by atoms with Gasteiger partial charge >= 0.3 is 0 Å². The highest BCUT2D eigenvalue weighted by atomic mass is 32.1. The number of hydrogen-bond donors (Lipinski definition) is 2. The first kappa shape index (κ1) is 17.4. The van der Waals surface area contributed by atoms with Gasteiger partial charge in [0.1, 0.15) is 0 Å². The van der Waals surface area contributed by atoms with E-state index in [2.05, 4.69) is 16.3 Å². The van der Waals surface area contributed by atoms with E-state index in [1.54, 1.807) is 6.08 Å². The molecule has 122 valence electrons. The molecule has 2 rings (SSSR count). The van der Waals surface area contributed by atoms with Gasteiger partial charge in [0.25, 0.3) is 0 Å². The van der Waals surface area contributed by atoms with E-state index in [0.717, 1.165) is 22.5 Å². The first-order valence-electron chi connectivity index (χ1n) is 7.44. The lowest BCUT2D eigenvalue weighted by molar-refractivity contribution is -0.116. The van der Waals surface area contributed by atoms with E-state index >= 15 is 0 Å². The lowest BCUT2D eigenvalue weighted by Crippen LogP contribution is -2.22. The number of amides is 1. The van der Waals surface area contributed by atoms with E-state index in [1.165, 1.54) is 23.0 Å². The minimum absolute atomic E-state index is 0.0270. The summed E-state index contributed by atoms with van der Waals surface area (Å²) in [7, 11) is 4.06. The summed E-state index contributed by atoms with van der Waals surface area (Å²) in [4.78, 5) is 15.0. The number of carbonyl (C=O) groups excluding carboxylic acids is 1. The molecule has 2 N–H and O–H groups in total. The molecule has 23 heavy (non-hydrogen) atoms. The van der Waals surface area contributed by atoms with E-state index in [0.29, 0.717) is 6.54 Å². The van der Waals surface area contributed by atoms with Gasteiger partial charge in [-0.15, -0.1) is 11.3 Å². The second-order valence-corrected chi connectivity index (χ2v) is 6.52. The van der Waals surface area contributed by atoms with Crippen LogP contribution in [0, 0.1) is 0 Å². The molecule has 0 aliphatic heterocycles. The maximum absolute atomic E-state index is 11.9. The highest BCUT2D eigenvalue weighted by Gasteiger charge is 2.04. The van der Waals surface area contributed by atoms with E-state index in [-0.39, 0.29) is 12.5 Å². The van der Waals surface area contributed by atoms with Gasteiger partial charge in [0.15, 0.2) is 0 Å². The molecule has 0 saturated heterocycles. The number of aliphatic hydroxyl groups excluding tert-OH is 1. The third kappa shape index (κ3) is 5.63.